The number of halogens is 1. The van der Waals surface area contributed by atoms with Crippen LogP contribution in [0, 0.1) is 12.8 Å². The molecule has 1 aliphatic heterocycles. The number of methoxy groups -OCH3 is 1. The van der Waals surface area contributed by atoms with Gasteiger partial charge in [-0.2, -0.15) is 0 Å². The van der Waals surface area contributed by atoms with Crippen LogP contribution in [0.15, 0.2) is 23.2 Å². The number of benzene rings is 1. The van der Waals surface area contributed by atoms with Crippen molar-refractivity contribution in [3.05, 3.63) is 29.3 Å². The Morgan fingerprint density at radius 3 is 2.83 bits per heavy atom. The highest BCUT2D eigenvalue weighted by molar-refractivity contribution is 14.0. The lowest BCUT2D eigenvalue weighted by atomic mass is 10.1. The highest BCUT2D eigenvalue weighted by Gasteiger charge is 2.19. The van der Waals surface area contributed by atoms with Crippen molar-refractivity contribution in [2.75, 3.05) is 41.0 Å². The zero-order chi connectivity index (χ0) is 15.9. The average molecular weight is 433 g/mol. The van der Waals surface area contributed by atoms with Crippen molar-refractivity contribution in [2.24, 2.45) is 10.9 Å². The Morgan fingerprint density at radius 1 is 1.43 bits per heavy atom. The Kier molecular flexibility index (Phi) is 8.68. The Bertz CT molecular complexity index is 517. The van der Waals surface area contributed by atoms with Gasteiger partial charge in [-0.15, -0.1) is 24.0 Å². The van der Waals surface area contributed by atoms with Crippen LogP contribution in [0.2, 0.25) is 0 Å². The number of hydrogen-bond donors (Lipinski definition) is 1. The van der Waals surface area contributed by atoms with Crippen LogP contribution in [0.4, 0.5) is 0 Å². The summed E-state index contributed by atoms with van der Waals surface area (Å²) in [7, 11) is 5.59. The molecule has 0 amide bonds. The molecule has 6 heteroatoms. The molecule has 1 aromatic carbocycles. The van der Waals surface area contributed by atoms with E-state index in [9.17, 15) is 0 Å². The summed E-state index contributed by atoms with van der Waals surface area (Å²) in [6.45, 7) is 5.52. The minimum atomic E-state index is 0. The SMILES string of the molecule is CN=C(NCc1cc(C)cc(OC)c1)N(C)CC1CCOC1.I. The fourth-order valence-corrected chi connectivity index (χ4v) is 2.81. The van der Waals surface area contributed by atoms with Crippen LogP contribution in [0.1, 0.15) is 17.5 Å². The Labute approximate surface area is 156 Å². The summed E-state index contributed by atoms with van der Waals surface area (Å²) in [5.41, 5.74) is 2.39. The molecule has 1 aliphatic rings. The summed E-state index contributed by atoms with van der Waals surface area (Å²) in [5.74, 6) is 2.40. The van der Waals surface area contributed by atoms with Crippen LogP contribution in [0.25, 0.3) is 0 Å². The van der Waals surface area contributed by atoms with Crippen molar-refractivity contribution in [1.29, 1.82) is 0 Å². The molecule has 0 aliphatic carbocycles. The molecule has 130 valence electrons. The van der Waals surface area contributed by atoms with Crippen molar-refractivity contribution in [1.82, 2.24) is 10.2 Å². The number of aryl methyl sites for hydroxylation is 1. The molecule has 1 fully saturated rings. The first-order valence-electron chi connectivity index (χ1n) is 7.76. The van der Waals surface area contributed by atoms with E-state index in [0.717, 1.165) is 44.4 Å². The second kappa shape index (κ2) is 9.97. The molecular weight excluding hydrogens is 405 g/mol. The lowest BCUT2D eigenvalue weighted by Gasteiger charge is -2.24. The molecule has 1 aromatic rings. The molecule has 1 atom stereocenters. The topological polar surface area (TPSA) is 46.1 Å². The van der Waals surface area contributed by atoms with Gasteiger partial charge in [0.15, 0.2) is 5.96 Å². The van der Waals surface area contributed by atoms with Crippen LogP contribution in [0.3, 0.4) is 0 Å². The minimum absolute atomic E-state index is 0. The van der Waals surface area contributed by atoms with E-state index in [1.165, 1.54) is 11.1 Å². The van der Waals surface area contributed by atoms with Crippen molar-refractivity contribution in [3.63, 3.8) is 0 Å². The molecule has 0 aromatic heterocycles. The normalized spacial score (nSPS) is 17.6. The Balaban J connectivity index is 0.00000264. The van der Waals surface area contributed by atoms with Gasteiger partial charge in [0.1, 0.15) is 5.75 Å². The van der Waals surface area contributed by atoms with Crippen LogP contribution in [-0.2, 0) is 11.3 Å². The lowest BCUT2D eigenvalue weighted by Crippen LogP contribution is -2.41. The van der Waals surface area contributed by atoms with Gasteiger partial charge in [-0.25, -0.2) is 0 Å². The maximum atomic E-state index is 5.44. The summed E-state index contributed by atoms with van der Waals surface area (Å²) in [4.78, 5) is 6.54. The van der Waals surface area contributed by atoms with Gasteiger partial charge in [0.05, 0.1) is 13.7 Å². The third-order valence-electron chi connectivity index (χ3n) is 3.93. The van der Waals surface area contributed by atoms with Crippen LogP contribution in [0.5, 0.6) is 5.75 Å². The van der Waals surface area contributed by atoms with E-state index in [2.05, 4.69) is 41.3 Å². The minimum Gasteiger partial charge on any atom is -0.497 e. The maximum absolute atomic E-state index is 5.44. The van der Waals surface area contributed by atoms with Crippen LogP contribution in [-0.4, -0.2) is 51.8 Å². The zero-order valence-corrected chi connectivity index (χ0v) is 16.8. The van der Waals surface area contributed by atoms with E-state index in [4.69, 9.17) is 9.47 Å². The molecule has 0 saturated carbocycles. The number of ether oxygens (including phenoxy) is 2. The second-order valence-corrected chi connectivity index (χ2v) is 5.87. The second-order valence-electron chi connectivity index (χ2n) is 5.87. The monoisotopic (exact) mass is 433 g/mol. The molecular formula is C17H28IN3O2. The molecule has 1 heterocycles. The maximum Gasteiger partial charge on any atom is 0.193 e. The summed E-state index contributed by atoms with van der Waals surface area (Å²) in [5, 5.41) is 3.42. The van der Waals surface area contributed by atoms with Gasteiger partial charge >= 0.3 is 0 Å². The molecule has 2 rings (SSSR count). The van der Waals surface area contributed by atoms with Gasteiger partial charge in [-0.1, -0.05) is 6.07 Å². The van der Waals surface area contributed by atoms with Crippen molar-refractivity contribution < 1.29 is 9.47 Å². The quantitative estimate of drug-likeness (QED) is 0.441. The first-order valence-corrected chi connectivity index (χ1v) is 7.76. The molecule has 5 nitrogen and oxygen atoms in total. The Hall–Kier alpha value is -1.02. The van der Waals surface area contributed by atoms with Gasteiger partial charge in [-0.05, 0) is 36.6 Å². The molecule has 0 radical (unpaired) electrons. The fraction of sp³-hybridized carbons (Fsp3) is 0.588. The average Bonchev–Trinajstić information content (AvgIpc) is 3.00. The molecule has 23 heavy (non-hydrogen) atoms. The van der Waals surface area contributed by atoms with Gasteiger partial charge < -0.3 is 19.7 Å². The zero-order valence-electron chi connectivity index (χ0n) is 14.5. The predicted octanol–water partition coefficient (Wildman–Crippen LogP) is 2.67. The van der Waals surface area contributed by atoms with E-state index in [1.54, 1.807) is 7.11 Å². The number of nitrogens with zero attached hydrogens (tertiary/aromatic N) is 2. The smallest absolute Gasteiger partial charge is 0.193 e. The highest BCUT2D eigenvalue weighted by Crippen LogP contribution is 2.16. The third kappa shape index (κ3) is 6.18. The molecule has 0 bridgehead atoms. The fourth-order valence-electron chi connectivity index (χ4n) is 2.81. The summed E-state index contributed by atoms with van der Waals surface area (Å²) < 4.78 is 10.8. The van der Waals surface area contributed by atoms with Crippen molar-refractivity contribution in [3.8, 4) is 5.75 Å². The largest absolute Gasteiger partial charge is 0.497 e. The first-order chi connectivity index (χ1) is 10.6. The highest BCUT2D eigenvalue weighted by atomic mass is 127. The van der Waals surface area contributed by atoms with E-state index in [0.29, 0.717) is 5.92 Å². The summed E-state index contributed by atoms with van der Waals surface area (Å²) in [6, 6.07) is 6.25. The number of aliphatic imine (C=N–C) groups is 1. The van der Waals surface area contributed by atoms with Crippen LogP contribution < -0.4 is 10.1 Å². The standard InChI is InChI=1S/C17H27N3O2.HI/c1-13-7-15(9-16(8-13)21-4)10-19-17(18-2)20(3)11-14-5-6-22-12-14;/h7-9,14H,5-6,10-12H2,1-4H3,(H,18,19);1H. The molecule has 0 spiro atoms. The predicted molar refractivity (Wildman–Crippen MR) is 105 cm³/mol. The van der Waals surface area contributed by atoms with Crippen molar-refractivity contribution >= 4 is 29.9 Å². The summed E-state index contributed by atoms with van der Waals surface area (Å²) >= 11 is 0. The molecule has 1 unspecified atom stereocenters. The number of rotatable bonds is 5. The lowest BCUT2D eigenvalue weighted by molar-refractivity contribution is 0.181. The van der Waals surface area contributed by atoms with E-state index < -0.39 is 0 Å². The van der Waals surface area contributed by atoms with Gasteiger partial charge in [0.25, 0.3) is 0 Å². The van der Waals surface area contributed by atoms with Crippen LogP contribution >= 0.6 is 24.0 Å². The van der Waals surface area contributed by atoms with Gasteiger partial charge in [0, 0.05) is 39.7 Å². The van der Waals surface area contributed by atoms with Crippen molar-refractivity contribution in [2.45, 2.75) is 19.9 Å². The number of nitrogens with one attached hydrogen (secondary N) is 1. The van der Waals surface area contributed by atoms with E-state index in [1.807, 2.05) is 13.1 Å². The third-order valence-corrected chi connectivity index (χ3v) is 3.93. The summed E-state index contributed by atoms with van der Waals surface area (Å²) in [6.07, 6.45) is 1.14. The molecule has 1 saturated heterocycles. The van der Waals surface area contributed by atoms with E-state index >= 15 is 0 Å². The molecule has 1 N–H and O–H groups in total. The van der Waals surface area contributed by atoms with Gasteiger partial charge in [-0.3, -0.25) is 4.99 Å². The first kappa shape index (κ1) is 20.0. The number of guanidine groups is 1. The Morgan fingerprint density at radius 2 is 2.22 bits per heavy atom. The number of hydrogen-bond acceptors (Lipinski definition) is 3. The van der Waals surface area contributed by atoms with Gasteiger partial charge in [0.2, 0.25) is 0 Å². The van der Waals surface area contributed by atoms with E-state index in [-0.39, 0.29) is 24.0 Å².